The Morgan fingerprint density at radius 2 is 1.95 bits per heavy atom. The number of amides is 1. The van der Waals surface area contributed by atoms with Crippen LogP contribution in [0.15, 0.2) is 61.1 Å². The summed E-state index contributed by atoms with van der Waals surface area (Å²) in [6, 6.07) is 15.0. The lowest BCUT2D eigenvalue weighted by Crippen LogP contribution is -2.40. The van der Waals surface area contributed by atoms with Crippen LogP contribution in [0.3, 0.4) is 0 Å². The number of rotatable bonds is 8. The fourth-order valence-corrected chi connectivity index (χ4v) is 4.63. The predicted molar refractivity (Wildman–Crippen MR) is 144 cm³/mol. The van der Waals surface area contributed by atoms with Crippen LogP contribution >= 0.6 is 11.6 Å². The molecule has 0 atom stereocenters. The maximum absolute atomic E-state index is 11.7. The summed E-state index contributed by atoms with van der Waals surface area (Å²) < 4.78 is 17.8. The third-order valence-corrected chi connectivity index (χ3v) is 6.74. The minimum absolute atomic E-state index is 0.00792. The molecule has 4 aromatic rings. The molecule has 1 fully saturated rings. The van der Waals surface area contributed by atoms with Gasteiger partial charge >= 0.3 is 0 Å². The van der Waals surface area contributed by atoms with Crippen LogP contribution in [0.5, 0.6) is 17.2 Å². The molecule has 196 valence electrons. The summed E-state index contributed by atoms with van der Waals surface area (Å²) in [6.45, 7) is 3.29. The fourth-order valence-electron chi connectivity index (χ4n) is 4.40. The molecule has 0 bridgehead atoms. The van der Waals surface area contributed by atoms with Crippen LogP contribution in [0.4, 0.5) is 11.5 Å². The van der Waals surface area contributed by atoms with Crippen LogP contribution in [0.25, 0.3) is 10.9 Å². The normalized spacial score (nSPS) is 13.8. The monoisotopic (exact) mass is 534 g/mol. The summed E-state index contributed by atoms with van der Waals surface area (Å²) in [5.74, 6) is 2.63. The SMILES string of the molecule is COc1cc2nc[nH+]c(Nc3ccc(OCc4ccccn4)c(Cl)c3)c2cc1OC1CCN(C(C)=O)CC1. The van der Waals surface area contributed by atoms with Crippen molar-refractivity contribution in [1.29, 1.82) is 0 Å². The molecule has 5 rings (SSSR count). The molecule has 0 saturated carbocycles. The topological polar surface area (TPSA) is 100.0 Å². The molecule has 0 unspecified atom stereocenters. The minimum atomic E-state index is -0.00792. The molecule has 38 heavy (non-hydrogen) atoms. The number of aromatic nitrogens is 3. The van der Waals surface area contributed by atoms with Crippen molar-refractivity contribution in [2.45, 2.75) is 32.5 Å². The van der Waals surface area contributed by atoms with Gasteiger partial charge in [-0.15, -0.1) is 4.98 Å². The molecule has 2 aromatic heterocycles. The molecular weight excluding hydrogens is 506 g/mol. The number of fused-ring (bicyclic) bond motifs is 1. The van der Waals surface area contributed by atoms with Crippen molar-refractivity contribution in [3.8, 4) is 17.2 Å². The molecule has 2 aromatic carbocycles. The van der Waals surface area contributed by atoms with E-state index in [4.69, 9.17) is 25.8 Å². The van der Waals surface area contributed by atoms with Crippen molar-refractivity contribution in [3.63, 3.8) is 0 Å². The lowest BCUT2D eigenvalue weighted by molar-refractivity contribution is -0.363. The van der Waals surface area contributed by atoms with E-state index in [0.717, 1.165) is 40.9 Å². The van der Waals surface area contributed by atoms with Gasteiger partial charge in [-0.25, -0.2) is 4.98 Å². The first-order chi connectivity index (χ1) is 18.5. The minimum Gasteiger partial charge on any atom is -0.493 e. The molecule has 1 saturated heterocycles. The lowest BCUT2D eigenvalue weighted by Gasteiger charge is -2.31. The zero-order valence-corrected chi connectivity index (χ0v) is 22.0. The summed E-state index contributed by atoms with van der Waals surface area (Å²) in [5.41, 5.74) is 2.34. The highest BCUT2D eigenvalue weighted by Gasteiger charge is 2.24. The Labute approximate surface area is 225 Å². The van der Waals surface area contributed by atoms with Crippen LogP contribution in [-0.4, -0.2) is 47.1 Å². The highest BCUT2D eigenvalue weighted by atomic mass is 35.5. The zero-order chi connectivity index (χ0) is 26.5. The van der Waals surface area contributed by atoms with Crippen molar-refractivity contribution in [1.82, 2.24) is 14.9 Å². The van der Waals surface area contributed by atoms with Crippen molar-refractivity contribution in [2.75, 3.05) is 25.5 Å². The third-order valence-electron chi connectivity index (χ3n) is 6.45. The second-order valence-electron chi connectivity index (χ2n) is 9.00. The van der Waals surface area contributed by atoms with Crippen molar-refractivity contribution < 1.29 is 24.0 Å². The molecule has 3 heterocycles. The zero-order valence-electron chi connectivity index (χ0n) is 21.2. The Morgan fingerprint density at radius 1 is 1.11 bits per heavy atom. The van der Waals surface area contributed by atoms with Gasteiger partial charge in [0.05, 0.1) is 28.9 Å². The van der Waals surface area contributed by atoms with E-state index < -0.39 is 0 Å². The molecule has 10 heteroatoms. The largest absolute Gasteiger partial charge is 0.493 e. The smallest absolute Gasteiger partial charge is 0.234 e. The number of hydrogen-bond donors (Lipinski definition) is 1. The van der Waals surface area contributed by atoms with Gasteiger partial charge < -0.3 is 19.1 Å². The van der Waals surface area contributed by atoms with Gasteiger partial charge in [0.1, 0.15) is 18.5 Å². The van der Waals surface area contributed by atoms with Crippen LogP contribution in [-0.2, 0) is 11.4 Å². The first-order valence-electron chi connectivity index (χ1n) is 12.4. The maximum atomic E-state index is 11.7. The van der Waals surface area contributed by atoms with Crippen molar-refractivity contribution in [3.05, 3.63) is 71.8 Å². The van der Waals surface area contributed by atoms with Gasteiger partial charge in [0.2, 0.25) is 18.1 Å². The first kappa shape index (κ1) is 25.5. The van der Waals surface area contributed by atoms with Gasteiger partial charge in [-0.1, -0.05) is 17.7 Å². The Bertz CT molecular complexity index is 1430. The average molecular weight is 535 g/mol. The number of likely N-dealkylation sites (tertiary alicyclic amines) is 1. The summed E-state index contributed by atoms with van der Waals surface area (Å²) >= 11 is 6.51. The maximum Gasteiger partial charge on any atom is 0.234 e. The number of ether oxygens (including phenoxy) is 3. The number of benzene rings is 2. The summed E-state index contributed by atoms with van der Waals surface area (Å²) in [4.78, 5) is 25.4. The number of nitrogens with one attached hydrogen (secondary N) is 2. The third kappa shape index (κ3) is 5.89. The number of carbonyl (C=O) groups excluding carboxylic acids is 1. The quantitative estimate of drug-likeness (QED) is 0.346. The van der Waals surface area contributed by atoms with Gasteiger partial charge in [0.25, 0.3) is 0 Å². The molecule has 1 amide bonds. The fraction of sp³-hybridized carbons (Fsp3) is 0.286. The van der Waals surface area contributed by atoms with E-state index in [0.29, 0.717) is 42.0 Å². The van der Waals surface area contributed by atoms with Crippen LogP contribution in [0.2, 0.25) is 5.02 Å². The number of aromatic amines is 1. The highest BCUT2D eigenvalue weighted by molar-refractivity contribution is 6.32. The number of anilines is 2. The Hall–Kier alpha value is -4.11. The molecule has 1 aliphatic rings. The molecule has 0 radical (unpaired) electrons. The molecular formula is C28H29ClN5O4+. The summed E-state index contributed by atoms with van der Waals surface area (Å²) in [7, 11) is 1.61. The van der Waals surface area contributed by atoms with E-state index in [1.807, 2.05) is 47.4 Å². The number of H-pyrrole nitrogens is 1. The van der Waals surface area contributed by atoms with Crippen molar-refractivity contribution in [2.24, 2.45) is 0 Å². The van der Waals surface area contributed by atoms with Gasteiger partial charge in [-0.2, -0.15) is 0 Å². The number of hydrogen-bond acceptors (Lipinski definition) is 7. The standard InChI is InChI=1S/C28H28ClN5O4/c1-18(35)34-11-8-21(9-12-34)38-27-14-22-24(15-26(27)36-2)31-17-32-28(22)33-19-6-7-25(23(29)13-19)37-16-20-5-3-4-10-30-20/h3-7,10,13-15,17,21H,8-9,11-12,16H2,1-2H3,(H,31,32,33)/p+1. The second-order valence-corrected chi connectivity index (χ2v) is 9.41. The predicted octanol–water partition coefficient (Wildman–Crippen LogP) is 4.82. The summed E-state index contributed by atoms with van der Waals surface area (Å²) in [5, 5.41) is 4.70. The molecule has 0 aliphatic carbocycles. The van der Waals surface area contributed by atoms with E-state index in [1.54, 1.807) is 32.6 Å². The highest BCUT2D eigenvalue weighted by Crippen LogP contribution is 2.36. The van der Waals surface area contributed by atoms with Gasteiger partial charge in [-0.3, -0.25) is 15.1 Å². The number of methoxy groups -OCH3 is 1. The molecule has 2 N–H and O–H groups in total. The number of nitrogens with zero attached hydrogens (tertiary/aromatic N) is 3. The van der Waals surface area contributed by atoms with Crippen LogP contribution < -0.4 is 24.5 Å². The number of halogens is 1. The lowest BCUT2D eigenvalue weighted by atomic mass is 10.1. The van der Waals surface area contributed by atoms with E-state index >= 15 is 0 Å². The van der Waals surface area contributed by atoms with Gasteiger partial charge in [0, 0.05) is 51.2 Å². The second kappa shape index (κ2) is 11.5. The van der Waals surface area contributed by atoms with Crippen molar-refractivity contribution >= 4 is 39.9 Å². The molecule has 0 spiro atoms. The number of pyridine rings is 1. The average Bonchev–Trinajstić information content (AvgIpc) is 2.93. The van der Waals surface area contributed by atoms with Crippen LogP contribution in [0.1, 0.15) is 25.5 Å². The Morgan fingerprint density at radius 3 is 2.66 bits per heavy atom. The van der Waals surface area contributed by atoms with E-state index in [2.05, 4.69) is 20.3 Å². The Kier molecular flexibility index (Phi) is 7.74. The molecule has 9 nitrogen and oxygen atoms in total. The summed E-state index contributed by atoms with van der Waals surface area (Å²) in [6.07, 6.45) is 4.86. The van der Waals surface area contributed by atoms with Crippen LogP contribution in [0, 0.1) is 0 Å². The van der Waals surface area contributed by atoms with E-state index in [1.165, 1.54) is 0 Å². The molecule has 1 aliphatic heterocycles. The van der Waals surface area contributed by atoms with E-state index in [9.17, 15) is 4.79 Å². The Balaban J connectivity index is 1.34. The number of piperidine rings is 1. The van der Waals surface area contributed by atoms with E-state index in [-0.39, 0.29) is 12.0 Å². The number of carbonyl (C=O) groups is 1. The van der Waals surface area contributed by atoms with Gasteiger partial charge in [0.15, 0.2) is 17.0 Å². The first-order valence-corrected chi connectivity index (χ1v) is 12.8. The van der Waals surface area contributed by atoms with Gasteiger partial charge in [-0.05, 0) is 30.3 Å².